The van der Waals surface area contributed by atoms with Crippen LogP contribution in [0.3, 0.4) is 0 Å². The molecule has 0 spiro atoms. The smallest absolute Gasteiger partial charge is 0.296 e. The first kappa shape index (κ1) is 25.6. The Morgan fingerprint density at radius 1 is 1.03 bits per heavy atom. The minimum absolute atomic E-state index is 0.0536. The Morgan fingerprint density at radius 3 is 2.37 bits per heavy atom. The number of anilines is 1. The van der Waals surface area contributed by atoms with E-state index in [4.69, 9.17) is 4.98 Å². The number of hydrogen-bond acceptors (Lipinski definition) is 5. The van der Waals surface area contributed by atoms with Crippen molar-refractivity contribution in [1.29, 1.82) is 0 Å². The zero-order valence-corrected chi connectivity index (χ0v) is 23.0. The lowest BCUT2D eigenvalue weighted by molar-refractivity contribution is -0.117. The molecule has 0 aliphatic carbocycles. The quantitative estimate of drug-likeness (QED) is 0.277. The molecule has 192 valence electrons. The van der Waals surface area contributed by atoms with Crippen LogP contribution in [0.2, 0.25) is 0 Å². The molecular formula is C32H30N2O3S. The number of aliphatic hydroxyl groups is 1. The lowest BCUT2D eigenvalue weighted by Gasteiger charge is -2.25. The third-order valence-electron chi connectivity index (χ3n) is 6.82. The van der Waals surface area contributed by atoms with Gasteiger partial charge in [0.25, 0.3) is 5.91 Å². The van der Waals surface area contributed by atoms with Gasteiger partial charge in [-0.05, 0) is 59.2 Å². The van der Waals surface area contributed by atoms with Gasteiger partial charge in [0.05, 0.1) is 21.8 Å². The van der Waals surface area contributed by atoms with Gasteiger partial charge >= 0.3 is 0 Å². The number of rotatable bonds is 5. The van der Waals surface area contributed by atoms with Crippen molar-refractivity contribution in [3.63, 3.8) is 0 Å². The molecule has 3 aromatic carbocycles. The molecule has 5 nitrogen and oxygen atoms in total. The van der Waals surface area contributed by atoms with Crippen molar-refractivity contribution in [3.8, 4) is 0 Å². The summed E-state index contributed by atoms with van der Waals surface area (Å²) >= 11 is 1.39. The molecule has 5 rings (SSSR count). The van der Waals surface area contributed by atoms with Crippen LogP contribution in [-0.4, -0.2) is 21.8 Å². The van der Waals surface area contributed by atoms with Crippen molar-refractivity contribution in [3.05, 3.63) is 112 Å². The van der Waals surface area contributed by atoms with Gasteiger partial charge in [-0.25, -0.2) is 4.98 Å². The number of thiazole rings is 1. The molecular weight excluding hydrogens is 492 g/mol. The van der Waals surface area contributed by atoms with E-state index in [1.54, 1.807) is 6.08 Å². The maximum atomic E-state index is 13.5. The van der Waals surface area contributed by atoms with Gasteiger partial charge in [0.2, 0.25) is 0 Å². The summed E-state index contributed by atoms with van der Waals surface area (Å²) in [6.07, 6.45) is 3.11. The van der Waals surface area contributed by atoms with E-state index in [2.05, 4.69) is 26.8 Å². The second-order valence-corrected chi connectivity index (χ2v) is 11.8. The molecule has 4 aromatic rings. The maximum Gasteiger partial charge on any atom is 0.296 e. The van der Waals surface area contributed by atoms with Gasteiger partial charge < -0.3 is 5.11 Å². The Bertz CT molecular complexity index is 1610. The van der Waals surface area contributed by atoms with Crippen LogP contribution in [0.1, 0.15) is 54.6 Å². The van der Waals surface area contributed by atoms with E-state index in [0.29, 0.717) is 5.13 Å². The van der Waals surface area contributed by atoms with Crippen LogP contribution in [0.25, 0.3) is 16.3 Å². The Balaban J connectivity index is 1.63. The molecule has 38 heavy (non-hydrogen) atoms. The monoisotopic (exact) mass is 522 g/mol. The number of carbonyl (C=O) groups is 2. The van der Waals surface area contributed by atoms with Gasteiger partial charge in [-0.15, -0.1) is 0 Å². The molecule has 0 radical (unpaired) electrons. The number of nitrogens with zero attached hydrogens (tertiary/aromatic N) is 2. The molecule has 1 unspecified atom stereocenters. The number of aryl methyl sites for hydroxylation is 2. The van der Waals surface area contributed by atoms with E-state index in [0.717, 1.165) is 38.0 Å². The van der Waals surface area contributed by atoms with E-state index in [9.17, 15) is 14.7 Å². The predicted octanol–water partition coefficient (Wildman–Crippen LogP) is 7.39. The van der Waals surface area contributed by atoms with Gasteiger partial charge in [0.15, 0.2) is 16.7 Å². The SMILES string of the molecule is Cc1cc(C)c2nc(N3C(=O)C(O)=C(C(=O)/C=C/c4ccccc4)C3c3ccc(C(C)(C)C)cc3)sc2c1. The van der Waals surface area contributed by atoms with Crippen molar-refractivity contribution in [1.82, 2.24) is 4.98 Å². The molecule has 6 heteroatoms. The van der Waals surface area contributed by atoms with Crippen molar-refractivity contribution in [2.45, 2.75) is 46.1 Å². The molecule has 1 aliphatic heterocycles. The average Bonchev–Trinajstić information content (AvgIpc) is 3.41. The highest BCUT2D eigenvalue weighted by Crippen LogP contribution is 2.44. The van der Waals surface area contributed by atoms with Gasteiger partial charge in [0, 0.05) is 0 Å². The summed E-state index contributed by atoms with van der Waals surface area (Å²) in [5.41, 5.74) is 5.65. The summed E-state index contributed by atoms with van der Waals surface area (Å²) in [5, 5.41) is 11.5. The number of allylic oxidation sites excluding steroid dienone is 1. The molecule has 1 aliphatic rings. The number of fused-ring (bicyclic) bond motifs is 1. The van der Waals surface area contributed by atoms with Gasteiger partial charge in [0.1, 0.15) is 0 Å². The summed E-state index contributed by atoms with van der Waals surface area (Å²) < 4.78 is 0.954. The third kappa shape index (κ3) is 4.68. The number of aromatic nitrogens is 1. The topological polar surface area (TPSA) is 70.5 Å². The normalized spacial score (nSPS) is 16.3. The van der Waals surface area contributed by atoms with Crippen LogP contribution in [0, 0.1) is 13.8 Å². The standard InChI is InChI=1S/C32H30N2O3S/c1-19-17-20(2)27-25(18-19)38-31(33-27)34-28(22-12-14-23(15-13-22)32(3,4)5)26(29(36)30(34)37)24(35)16-11-21-9-7-6-8-10-21/h6-18,28,36H,1-5H3/b16-11+. The summed E-state index contributed by atoms with van der Waals surface area (Å²) in [7, 11) is 0. The second-order valence-electron chi connectivity index (χ2n) is 10.7. The first-order valence-electron chi connectivity index (χ1n) is 12.6. The summed E-state index contributed by atoms with van der Waals surface area (Å²) in [4.78, 5) is 33.3. The molecule has 1 N–H and O–H groups in total. The van der Waals surface area contributed by atoms with Crippen molar-refractivity contribution in [2.24, 2.45) is 0 Å². The van der Waals surface area contributed by atoms with Gasteiger partial charge in [-0.1, -0.05) is 98.8 Å². The van der Waals surface area contributed by atoms with E-state index in [1.165, 1.54) is 22.3 Å². The van der Waals surface area contributed by atoms with Crippen LogP contribution >= 0.6 is 11.3 Å². The van der Waals surface area contributed by atoms with Crippen LogP contribution in [0.5, 0.6) is 0 Å². The largest absolute Gasteiger partial charge is 0.503 e. The van der Waals surface area contributed by atoms with E-state index in [1.807, 2.05) is 74.5 Å². The number of carbonyl (C=O) groups excluding carboxylic acids is 2. The molecule has 0 fully saturated rings. The fourth-order valence-corrected chi connectivity index (χ4v) is 5.99. The highest BCUT2D eigenvalue weighted by atomic mass is 32.1. The molecule has 1 atom stereocenters. The molecule has 1 amide bonds. The van der Waals surface area contributed by atoms with Crippen LogP contribution in [0.15, 0.2) is 84.1 Å². The summed E-state index contributed by atoms with van der Waals surface area (Å²) in [5.74, 6) is -1.58. The minimum atomic E-state index is -0.800. The number of hydrogen-bond donors (Lipinski definition) is 1. The Kier molecular flexibility index (Phi) is 6.53. The third-order valence-corrected chi connectivity index (χ3v) is 7.82. The molecule has 2 heterocycles. The zero-order chi connectivity index (χ0) is 27.2. The lowest BCUT2D eigenvalue weighted by Crippen LogP contribution is -2.30. The highest BCUT2D eigenvalue weighted by Gasteiger charge is 2.45. The highest BCUT2D eigenvalue weighted by molar-refractivity contribution is 7.22. The lowest BCUT2D eigenvalue weighted by atomic mass is 9.85. The summed E-state index contributed by atoms with van der Waals surface area (Å²) in [6.45, 7) is 10.4. The van der Waals surface area contributed by atoms with Crippen LogP contribution < -0.4 is 4.90 Å². The zero-order valence-electron chi connectivity index (χ0n) is 22.1. The Hall–Kier alpha value is -4.03. The van der Waals surface area contributed by atoms with Crippen molar-refractivity contribution >= 4 is 44.5 Å². The Morgan fingerprint density at radius 2 is 1.71 bits per heavy atom. The van der Waals surface area contributed by atoms with Gasteiger partial charge in [-0.3, -0.25) is 14.5 Å². The Labute approximate surface area is 226 Å². The predicted molar refractivity (Wildman–Crippen MR) is 155 cm³/mol. The maximum absolute atomic E-state index is 13.5. The molecule has 1 aromatic heterocycles. The molecule has 0 saturated heterocycles. The minimum Gasteiger partial charge on any atom is -0.503 e. The van der Waals surface area contributed by atoms with Gasteiger partial charge in [-0.2, -0.15) is 0 Å². The van der Waals surface area contributed by atoms with E-state index >= 15 is 0 Å². The number of aliphatic hydroxyl groups excluding tert-OH is 1. The molecule has 0 saturated carbocycles. The number of benzene rings is 3. The first-order valence-corrected chi connectivity index (χ1v) is 13.4. The van der Waals surface area contributed by atoms with E-state index in [-0.39, 0.29) is 11.0 Å². The number of ketones is 1. The van der Waals surface area contributed by atoms with Crippen molar-refractivity contribution in [2.75, 3.05) is 4.90 Å². The second kappa shape index (κ2) is 9.69. The molecule has 0 bridgehead atoms. The fourth-order valence-electron chi connectivity index (χ4n) is 4.82. The van der Waals surface area contributed by atoms with Crippen LogP contribution in [0.4, 0.5) is 5.13 Å². The van der Waals surface area contributed by atoms with E-state index < -0.39 is 23.5 Å². The first-order chi connectivity index (χ1) is 18.0. The average molecular weight is 523 g/mol. The summed E-state index contributed by atoms with van der Waals surface area (Å²) in [6, 6.07) is 20.6. The van der Waals surface area contributed by atoms with Crippen molar-refractivity contribution < 1.29 is 14.7 Å². The van der Waals surface area contributed by atoms with Crippen LogP contribution in [-0.2, 0) is 15.0 Å². The number of amides is 1. The fraction of sp³-hybridized carbons (Fsp3) is 0.219.